The number of benzene rings is 2. The molecule has 0 fully saturated rings. The van der Waals surface area contributed by atoms with E-state index < -0.39 is 5.91 Å². The van der Waals surface area contributed by atoms with Crippen molar-refractivity contribution in [1.82, 2.24) is 0 Å². The van der Waals surface area contributed by atoms with E-state index in [4.69, 9.17) is 34.8 Å². The van der Waals surface area contributed by atoms with Gasteiger partial charge in [-0.1, -0.05) is 40.9 Å². The third-order valence-corrected chi connectivity index (χ3v) is 4.28. The van der Waals surface area contributed by atoms with Crippen molar-refractivity contribution in [1.29, 1.82) is 0 Å². The molecule has 2 N–H and O–H groups in total. The zero-order valence-electron chi connectivity index (χ0n) is 12.3. The molecular formula is C16H13Cl3N2O2. The smallest absolute Gasteiger partial charge is 0.258 e. The lowest BCUT2D eigenvalue weighted by molar-refractivity contribution is -0.114. The molecule has 0 heterocycles. The Morgan fingerprint density at radius 1 is 0.913 bits per heavy atom. The quantitative estimate of drug-likeness (QED) is 0.732. The Bertz CT molecular complexity index is 791. The highest BCUT2D eigenvalue weighted by atomic mass is 35.5. The van der Waals surface area contributed by atoms with E-state index in [1.165, 1.54) is 19.1 Å². The molecule has 23 heavy (non-hydrogen) atoms. The Hall–Kier alpha value is -1.75. The number of carbonyl (C=O) groups is 2. The molecule has 4 nitrogen and oxygen atoms in total. The van der Waals surface area contributed by atoms with Crippen LogP contribution in [0.3, 0.4) is 0 Å². The molecule has 0 aliphatic rings. The van der Waals surface area contributed by atoms with Gasteiger partial charge in [0.15, 0.2) is 0 Å². The normalized spacial score (nSPS) is 10.3. The second-order valence-electron chi connectivity index (χ2n) is 4.83. The maximum Gasteiger partial charge on any atom is 0.258 e. The fourth-order valence-corrected chi connectivity index (χ4v) is 2.72. The van der Waals surface area contributed by atoms with E-state index in [0.717, 1.165) is 0 Å². The van der Waals surface area contributed by atoms with Crippen LogP contribution < -0.4 is 10.6 Å². The van der Waals surface area contributed by atoms with Gasteiger partial charge in [-0.15, -0.1) is 0 Å². The molecule has 0 aromatic heterocycles. The van der Waals surface area contributed by atoms with Crippen LogP contribution in [0.1, 0.15) is 22.8 Å². The summed E-state index contributed by atoms with van der Waals surface area (Å²) in [5.74, 6) is -0.678. The lowest BCUT2D eigenvalue weighted by atomic mass is 10.1. The number of rotatable bonds is 3. The third kappa shape index (κ3) is 3.96. The van der Waals surface area contributed by atoms with Crippen molar-refractivity contribution in [2.45, 2.75) is 13.8 Å². The Kier molecular flexibility index (Phi) is 5.52. The summed E-state index contributed by atoms with van der Waals surface area (Å²) in [4.78, 5) is 23.7. The minimum atomic E-state index is -0.481. The van der Waals surface area contributed by atoms with Gasteiger partial charge in [0, 0.05) is 18.3 Å². The van der Waals surface area contributed by atoms with Crippen molar-refractivity contribution in [3.05, 3.63) is 56.5 Å². The lowest BCUT2D eigenvalue weighted by Gasteiger charge is -2.14. The van der Waals surface area contributed by atoms with Gasteiger partial charge in [0.1, 0.15) is 0 Å². The molecule has 2 amide bonds. The van der Waals surface area contributed by atoms with E-state index >= 15 is 0 Å². The second kappa shape index (κ2) is 7.21. The number of amides is 2. The Balaban J connectivity index is 2.35. The van der Waals surface area contributed by atoms with Crippen LogP contribution in [0.2, 0.25) is 15.1 Å². The molecule has 0 aliphatic carbocycles. The Morgan fingerprint density at radius 2 is 1.48 bits per heavy atom. The minimum Gasteiger partial charge on any atom is -0.326 e. The van der Waals surface area contributed by atoms with Crippen LogP contribution in [0.25, 0.3) is 0 Å². The fourth-order valence-electron chi connectivity index (χ4n) is 2.02. The van der Waals surface area contributed by atoms with Gasteiger partial charge in [0.25, 0.3) is 5.91 Å². The lowest BCUT2D eigenvalue weighted by Crippen LogP contribution is -2.15. The highest BCUT2D eigenvalue weighted by Crippen LogP contribution is 2.32. The van der Waals surface area contributed by atoms with E-state index in [-0.39, 0.29) is 26.5 Å². The van der Waals surface area contributed by atoms with Crippen LogP contribution in [-0.2, 0) is 4.79 Å². The number of hydrogen-bond acceptors (Lipinski definition) is 2. The summed E-state index contributed by atoms with van der Waals surface area (Å²) in [6.07, 6.45) is 0. The summed E-state index contributed by atoms with van der Waals surface area (Å²) in [5.41, 5.74) is 1.96. The average molecular weight is 372 g/mol. The van der Waals surface area contributed by atoms with Crippen LogP contribution >= 0.6 is 34.8 Å². The zero-order chi connectivity index (χ0) is 17.1. The summed E-state index contributed by atoms with van der Waals surface area (Å²) < 4.78 is 0. The number of nitrogens with one attached hydrogen (secondary N) is 2. The van der Waals surface area contributed by atoms with Gasteiger partial charge in [0.2, 0.25) is 5.91 Å². The van der Waals surface area contributed by atoms with Gasteiger partial charge >= 0.3 is 0 Å². The van der Waals surface area contributed by atoms with Crippen LogP contribution in [0.4, 0.5) is 11.4 Å². The molecule has 0 saturated carbocycles. The van der Waals surface area contributed by atoms with E-state index in [0.29, 0.717) is 16.9 Å². The van der Waals surface area contributed by atoms with E-state index in [1.807, 2.05) is 0 Å². The van der Waals surface area contributed by atoms with Gasteiger partial charge in [-0.3, -0.25) is 9.59 Å². The molecule has 0 bridgehead atoms. The number of anilines is 2. The van der Waals surface area contributed by atoms with Crippen molar-refractivity contribution in [2.75, 3.05) is 10.6 Å². The van der Waals surface area contributed by atoms with E-state index in [2.05, 4.69) is 10.6 Å². The summed E-state index contributed by atoms with van der Waals surface area (Å²) >= 11 is 18.0. The van der Waals surface area contributed by atoms with Gasteiger partial charge in [-0.25, -0.2) is 0 Å². The minimum absolute atomic E-state index is 0.0901. The highest BCUT2D eigenvalue weighted by molar-refractivity contribution is 6.46. The maximum atomic E-state index is 12.5. The summed E-state index contributed by atoms with van der Waals surface area (Å²) in [5, 5.41) is 5.96. The first kappa shape index (κ1) is 17.6. The van der Waals surface area contributed by atoms with E-state index in [1.54, 1.807) is 25.1 Å². The van der Waals surface area contributed by atoms with Crippen molar-refractivity contribution >= 4 is 58.0 Å². The molecule has 0 atom stereocenters. The Labute approximate surface area is 148 Å². The van der Waals surface area contributed by atoms with Crippen molar-refractivity contribution in [3.8, 4) is 0 Å². The summed E-state index contributed by atoms with van der Waals surface area (Å²) in [7, 11) is 0. The van der Waals surface area contributed by atoms with Gasteiger partial charge < -0.3 is 10.6 Å². The molecule has 2 aromatic rings. The predicted octanol–water partition coefficient (Wildman–Crippen LogP) is 5.17. The van der Waals surface area contributed by atoms with Crippen molar-refractivity contribution in [3.63, 3.8) is 0 Å². The monoisotopic (exact) mass is 370 g/mol. The maximum absolute atomic E-state index is 12.5. The molecule has 120 valence electrons. The molecule has 0 radical (unpaired) electrons. The molecule has 7 heteroatoms. The first-order chi connectivity index (χ1) is 10.8. The third-order valence-electron chi connectivity index (χ3n) is 3.16. The number of hydrogen-bond donors (Lipinski definition) is 2. The van der Waals surface area contributed by atoms with Crippen LogP contribution in [0, 0.1) is 6.92 Å². The molecule has 2 rings (SSSR count). The van der Waals surface area contributed by atoms with Crippen LogP contribution in [0.5, 0.6) is 0 Å². The zero-order valence-corrected chi connectivity index (χ0v) is 14.6. The van der Waals surface area contributed by atoms with Crippen molar-refractivity contribution < 1.29 is 9.59 Å². The number of carbonyl (C=O) groups excluding carboxylic acids is 2. The highest BCUT2D eigenvalue weighted by Gasteiger charge is 2.18. The second-order valence-corrected chi connectivity index (χ2v) is 6.02. The number of halogens is 3. The predicted molar refractivity (Wildman–Crippen MR) is 94.9 cm³/mol. The fraction of sp³-hybridized carbons (Fsp3) is 0.125. The molecule has 0 unspecified atom stereocenters. The largest absolute Gasteiger partial charge is 0.326 e. The SMILES string of the molecule is CC(=O)Nc1cccc(NC(=O)c2c(Cl)ccc(Cl)c2Cl)c1C. The van der Waals surface area contributed by atoms with Gasteiger partial charge in [0.05, 0.1) is 20.6 Å². The van der Waals surface area contributed by atoms with Gasteiger partial charge in [-0.05, 0) is 36.8 Å². The average Bonchev–Trinajstić information content (AvgIpc) is 2.47. The molecular weight excluding hydrogens is 359 g/mol. The Morgan fingerprint density at radius 3 is 2.09 bits per heavy atom. The molecule has 0 saturated heterocycles. The molecule has 0 aliphatic heterocycles. The molecule has 2 aromatic carbocycles. The topological polar surface area (TPSA) is 58.2 Å². The first-order valence-electron chi connectivity index (χ1n) is 6.63. The van der Waals surface area contributed by atoms with Crippen LogP contribution in [-0.4, -0.2) is 11.8 Å². The standard InChI is InChI=1S/C16H13Cl3N2O2/c1-8-12(20-9(2)22)4-3-5-13(8)21-16(23)14-10(17)6-7-11(18)15(14)19/h3-7H,1-2H3,(H,20,22)(H,21,23). The van der Waals surface area contributed by atoms with Crippen molar-refractivity contribution in [2.24, 2.45) is 0 Å². The first-order valence-corrected chi connectivity index (χ1v) is 7.76. The van der Waals surface area contributed by atoms with Crippen LogP contribution in [0.15, 0.2) is 30.3 Å². The molecule has 0 spiro atoms. The summed E-state index contributed by atoms with van der Waals surface area (Å²) in [6.45, 7) is 3.19. The van der Waals surface area contributed by atoms with Gasteiger partial charge in [-0.2, -0.15) is 0 Å². The summed E-state index contributed by atoms with van der Waals surface area (Å²) in [6, 6.07) is 8.20. The van der Waals surface area contributed by atoms with E-state index in [9.17, 15) is 9.59 Å².